The average molecular weight is 487 g/mol. The second-order valence-electron chi connectivity index (χ2n) is 13.4. The van der Waals surface area contributed by atoms with E-state index in [0.29, 0.717) is 23.2 Å². The highest BCUT2D eigenvalue weighted by atomic mass is 16.5. The van der Waals surface area contributed by atoms with Crippen molar-refractivity contribution >= 4 is 11.9 Å². The van der Waals surface area contributed by atoms with Crippen LogP contribution in [0.1, 0.15) is 113 Å². The van der Waals surface area contributed by atoms with Gasteiger partial charge in [0.2, 0.25) is 0 Å². The summed E-state index contributed by atoms with van der Waals surface area (Å²) in [6, 6.07) is 0. The predicted octanol–water partition coefficient (Wildman–Crippen LogP) is 7.50. The molecule has 0 aromatic rings. The van der Waals surface area contributed by atoms with Crippen LogP contribution in [0.3, 0.4) is 0 Å². The molecule has 0 aromatic carbocycles. The average Bonchev–Trinajstić information content (AvgIpc) is 3.13. The fourth-order valence-electron chi connectivity index (χ4n) is 9.27. The molecule has 3 fully saturated rings. The van der Waals surface area contributed by atoms with Crippen LogP contribution < -0.4 is 0 Å². The number of fused-ring (bicyclic) bond motifs is 5. The SMILES string of the molecule is CC(=O)OC1CCC2(C)C(=CCC3C2CCC2(C)C(C(C)C(CCC(C)C)OC(C)=O)CCC32)C1. The first-order chi connectivity index (χ1) is 16.5. The van der Waals surface area contributed by atoms with Crippen LogP contribution in [0.4, 0.5) is 0 Å². The lowest BCUT2D eigenvalue weighted by molar-refractivity contribution is -0.152. The summed E-state index contributed by atoms with van der Waals surface area (Å²) in [7, 11) is 0. The van der Waals surface area contributed by atoms with Gasteiger partial charge >= 0.3 is 11.9 Å². The number of carbonyl (C=O) groups excluding carboxylic acids is 2. The Hall–Kier alpha value is -1.32. The third-order valence-corrected chi connectivity index (χ3v) is 11.0. The summed E-state index contributed by atoms with van der Waals surface area (Å²) in [5, 5.41) is 0. The molecule has 0 radical (unpaired) electrons. The van der Waals surface area contributed by atoms with Gasteiger partial charge in [-0.2, -0.15) is 0 Å². The van der Waals surface area contributed by atoms with E-state index in [1.54, 1.807) is 12.5 Å². The Bertz CT molecular complexity index is 830. The summed E-state index contributed by atoms with van der Waals surface area (Å²) in [4.78, 5) is 23.5. The topological polar surface area (TPSA) is 52.6 Å². The van der Waals surface area contributed by atoms with E-state index in [9.17, 15) is 9.59 Å². The van der Waals surface area contributed by atoms with Gasteiger partial charge in [-0.1, -0.05) is 46.3 Å². The summed E-state index contributed by atoms with van der Waals surface area (Å²) in [6.45, 7) is 15.1. The van der Waals surface area contributed by atoms with E-state index >= 15 is 0 Å². The van der Waals surface area contributed by atoms with Gasteiger partial charge in [0.1, 0.15) is 12.2 Å². The highest BCUT2D eigenvalue weighted by Gasteiger charge is 2.59. The first-order valence-electron chi connectivity index (χ1n) is 14.5. The molecule has 0 bridgehead atoms. The molecule has 9 atom stereocenters. The van der Waals surface area contributed by atoms with E-state index < -0.39 is 0 Å². The van der Waals surface area contributed by atoms with Gasteiger partial charge in [-0.3, -0.25) is 9.59 Å². The second kappa shape index (κ2) is 10.2. The summed E-state index contributed by atoms with van der Waals surface area (Å²) in [5.74, 6) is 3.66. The van der Waals surface area contributed by atoms with Gasteiger partial charge in [-0.05, 0) is 104 Å². The summed E-state index contributed by atoms with van der Waals surface area (Å²) in [6.07, 6.45) is 14.2. The molecule has 4 aliphatic carbocycles. The third kappa shape index (κ3) is 5.10. The maximum atomic E-state index is 12.0. The van der Waals surface area contributed by atoms with E-state index in [0.717, 1.165) is 49.9 Å². The first kappa shape index (κ1) is 26.7. The van der Waals surface area contributed by atoms with Gasteiger partial charge in [0.05, 0.1) is 0 Å². The Morgan fingerprint density at radius 1 is 0.971 bits per heavy atom. The molecule has 4 nitrogen and oxygen atoms in total. The second-order valence-corrected chi connectivity index (χ2v) is 13.4. The van der Waals surface area contributed by atoms with Crippen molar-refractivity contribution in [2.75, 3.05) is 0 Å². The van der Waals surface area contributed by atoms with Gasteiger partial charge in [0, 0.05) is 20.3 Å². The molecular weight excluding hydrogens is 436 g/mol. The maximum absolute atomic E-state index is 12.0. The highest BCUT2D eigenvalue weighted by Crippen LogP contribution is 2.67. The Balaban J connectivity index is 1.51. The van der Waals surface area contributed by atoms with Crippen LogP contribution in [-0.2, 0) is 19.1 Å². The molecule has 3 saturated carbocycles. The molecule has 0 N–H and O–H groups in total. The molecule has 0 heterocycles. The van der Waals surface area contributed by atoms with Crippen LogP contribution in [0.25, 0.3) is 0 Å². The molecular formula is C31H50O4. The lowest BCUT2D eigenvalue weighted by Crippen LogP contribution is -2.51. The van der Waals surface area contributed by atoms with Crippen molar-refractivity contribution in [1.29, 1.82) is 0 Å². The zero-order valence-corrected chi connectivity index (χ0v) is 23.4. The number of ether oxygens (including phenoxy) is 2. The zero-order valence-electron chi connectivity index (χ0n) is 23.4. The smallest absolute Gasteiger partial charge is 0.302 e. The Morgan fingerprint density at radius 3 is 2.37 bits per heavy atom. The first-order valence-corrected chi connectivity index (χ1v) is 14.5. The molecule has 35 heavy (non-hydrogen) atoms. The minimum absolute atomic E-state index is 0.0418. The van der Waals surface area contributed by atoms with Crippen LogP contribution in [0, 0.1) is 46.3 Å². The van der Waals surface area contributed by atoms with Crippen molar-refractivity contribution in [2.45, 2.75) is 125 Å². The number of hydrogen-bond acceptors (Lipinski definition) is 4. The Labute approximate surface area is 214 Å². The van der Waals surface area contributed by atoms with E-state index in [1.807, 2.05) is 0 Å². The minimum atomic E-state index is -0.145. The standard InChI is InChI=1S/C31H50O4/c1-19(2)8-13-29(35-22(5)33)20(3)26-11-12-27-25-10-9-23-18-24(34-21(4)32)14-16-30(23,6)28(25)15-17-31(26,27)7/h9,19-20,24-29H,8,10-18H2,1-7H3. The summed E-state index contributed by atoms with van der Waals surface area (Å²) >= 11 is 0. The minimum Gasteiger partial charge on any atom is -0.462 e. The summed E-state index contributed by atoms with van der Waals surface area (Å²) in [5.41, 5.74) is 2.17. The summed E-state index contributed by atoms with van der Waals surface area (Å²) < 4.78 is 11.6. The van der Waals surface area contributed by atoms with Gasteiger partial charge in [-0.15, -0.1) is 0 Å². The van der Waals surface area contributed by atoms with E-state index in [-0.39, 0.29) is 29.6 Å². The van der Waals surface area contributed by atoms with Crippen LogP contribution >= 0.6 is 0 Å². The molecule has 0 spiro atoms. The lowest BCUT2D eigenvalue weighted by atomic mass is 9.47. The van der Waals surface area contributed by atoms with Gasteiger partial charge < -0.3 is 9.47 Å². The quantitative estimate of drug-likeness (QED) is 0.276. The molecule has 0 aromatic heterocycles. The van der Waals surface area contributed by atoms with Crippen molar-refractivity contribution in [3.05, 3.63) is 11.6 Å². The van der Waals surface area contributed by atoms with E-state index in [2.05, 4.69) is 40.7 Å². The Kier molecular flexibility index (Phi) is 7.80. The Morgan fingerprint density at radius 2 is 1.71 bits per heavy atom. The van der Waals surface area contributed by atoms with Crippen molar-refractivity contribution in [2.24, 2.45) is 46.3 Å². The lowest BCUT2D eigenvalue weighted by Gasteiger charge is -2.58. The van der Waals surface area contributed by atoms with E-state index in [4.69, 9.17) is 9.47 Å². The zero-order chi connectivity index (χ0) is 25.5. The van der Waals surface area contributed by atoms with Gasteiger partial charge in [0.25, 0.3) is 0 Å². The molecule has 9 unspecified atom stereocenters. The van der Waals surface area contributed by atoms with Crippen molar-refractivity contribution in [3.8, 4) is 0 Å². The van der Waals surface area contributed by atoms with Crippen LogP contribution in [0.5, 0.6) is 0 Å². The molecule has 0 saturated heterocycles. The number of allylic oxidation sites excluding steroid dienone is 1. The third-order valence-electron chi connectivity index (χ3n) is 11.0. The molecule has 4 rings (SSSR count). The van der Waals surface area contributed by atoms with Crippen LogP contribution in [0.15, 0.2) is 11.6 Å². The maximum Gasteiger partial charge on any atom is 0.302 e. The van der Waals surface area contributed by atoms with Crippen LogP contribution in [0.2, 0.25) is 0 Å². The molecule has 198 valence electrons. The van der Waals surface area contributed by atoms with Gasteiger partial charge in [-0.25, -0.2) is 0 Å². The molecule has 4 heteroatoms. The number of esters is 2. The fourth-order valence-corrected chi connectivity index (χ4v) is 9.27. The molecule has 0 amide bonds. The van der Waals surface area contributed by atoms with Crippen molar-refractivity contribution in [3.63, 3.8) is 0 Å². The molecule has 0 aliphatic heterocycles. The fraction of sp³-hybridized carbons (Fsp3) is 0.871. The molecule has 4 aliphatic rings. The van der Waals surface area contributed by atoms with Crippen LogP contribution in [-0.4, -0.2) is 24.1 Å². The largest absolute Gasteiger partial charge is 0.462 e. The van der Waals surface area contributed by atoms with E-state index in [1.165, 1.54) is 39.0 Å². The number of rotatable bonds is 7. The highest BCUT2D eigenvalue weighted by molar-refractivity contribution is 5.66. The van der Waals surface area contributed by atoms with Gasteiger partial charge in [0.15, 0.2) is 0 Å². The number of carbonyl (C=O) groups is 2. The monoisotopic (exact) mass is 486 g/mol. The van der Waals surface area contributed by atoms with Crippen molar-refractivity contribution < 1.29 is 19.1 Å². The normalized spacial score (nSPS) is 40.1. The number of hydrogen-bond donors (Lipinski definition) is 0. The predicted molar refractivity (Wildman–Crippen MR) is 140 cm³/mol. The van der Waals surface area contributed by atoms with Crippen molar-refractivity contribution in [1.82, 2.24) is 0 Å².